The lowest BCUT2D eigenvalue weighted by molar-refractivity contribution is -0.150. The van der Waals surface area contributed by atoms with E-state index in [-0.39, 0.29) is 24.8 Å². The van der Waals surface area contributed by atoms with Gasteiger partial charge in [0.25, 0.3) is 5.89 Å². The number of hydrogen-bond acceptors (Lipinski definition) is 6. The minimum absolute atomic E-state index is 0.0789. The van der Waals surface area contributed by atoms with Crippen molar-refractivity contribution in [3.8, 4) is 11.5 Å². The SMILES string of the molecule is Cc1cccc(N2CC(C(=O)OCc3nnc(-c4ccccc4)o3)CC2=O)c1C. The molecular formula is C22H21N3O4. The van der Waals surface area contributed by atoms with Crippen LogP contribution in [0.4, 0.5) is 5.69 Å². The summed E-state index contributed by atoms with van der Waals surface area (Å²) in [5, 5.41) is 7.89. The fraction of sp³-hybridized carbons (Fsp3) is 0.273. The first-order valence-electron chi connectivity index (χ1n) is 9.44. The highest BCUT2D eigenvalue weighted by molar-refractivity contribution is 6.00. The molecule has 1 saturated heterocycles. The summed E-state index contributed by atoms with van der Waals surface area (Å²) in [7, 11) is 0. The van der Waals surface area contributed by atoms with Gasteiger partial charge in [-0.1, -0.05) is 30.3 Å². The third-order valence-corrected chi connectivity index (χ3v) is 5.15. The van der Waals surface area contributed by atoms with Gasteiger partial charge in [0.15, 0.2) is 6.61 Å². The van der Waals surface area contributed by atoms with Crippen LogP contribution in [-0.4, -0.2) is 28.6 Å². The van der Waals surface area contributed by atoms with E-state index < -0.39 is 11.9 Å². The van der Waals surface area contributed by atoms with Gasteiger partial charge in [-0.3, -0.25) is 9.59 Å². The summed E-state index contributed by atoms with van der Waals surface area (Å²) in [6, 6.07) is 15.2. The van der Waals surface area contributed by atoms with Crippen molar-refractivity contribution >= 4 is 17.6 Å². The van der Waals surface area contributed by atoms with Crippen molar-refractivity contribution in [3.05, 3.63) is 65.5 Å². The number of benzene rings is 2. The summed E-state index contributed by atoms with van der Waals surface area (Å²) in [5.74, 6) is -0.448. The summed E-state index contributed by atoms with van der Waals surface area (Å²) in [6.07, 6.45) is 0.130. The Kier molecular flexibility index (Phi) is 5.12. The molecule has 0 spiro atoms. The number of hydrogen-bond donors (Lipinski definition) is 0. The van der Waals surface area contributed by atoms with E-state index in [0.717, 1.165) is 22.4 Å². The van der Waals surface area contributed by atoms with E-state index in [0.29, 0.717) is 12.4 Å². The maximum Gasteiger partial charge on any atom is 0.311 e. The number of amides is 1. The second kappa shape index (κ2) is 7.87. The summed E-state index contributed by atoms with van der Waals surface area (Å²) >= 11 is 0. The molecule has 1 aromatic heterocycles. The highest BCUT2D eigenvalue weighted by Crippen LogP contribution is 2.30. The van der Waals surface area contributed by atoms with E-state index in [1.54, 1.807) is 4.90 Å². The van der Waals surface area contributed by atoms with Crippen molar-refractivity contribution in [2.75, 3.05) is 11.4 Å². The zero-order chi connectivity index (χ0) is 20.4. The molecule has 1 atom stereocenters. The molecule has 0 N–H and O–H groups in total. The highest BCUT2D eigenvalue weighted by Gasteiger charge is 2.37. The number of rotatable bonds is 5. The van der Waals surface area contributed by atoms with E-state index in [1.165, 1.54) is 0 Å². The minimum Gasteiger partial charge on any atom is -0.455 e. The van der Waals surface area contributed by atoms with E-state index in [4.69, 9.17) is 9.15 Å². The van der Waals surface area contributed by atoms with Gasteiger partial charge in [-0.05, 0) is 43.2 Å². The molecule has 7 nitrogen and oxygen atoms in total. The average Bonchev–Trinajstić information content (AvgIpc) is 3.36. The quantitative estimate of drug-likeness (QED) is 0.619. The third kappa shape index (κ3) is 3.89. The van der Waals surface area contributed by atoms with Crippen LogP contribution in [0.1, 0.15) is 23.4 Å². The van der Waals surface area contributed by atoms with E-state index in [9.17, 15) is 9.59 Å². The fourth-order valence-corrected chi connectivity index (χ4v) is 3.39. The maximum atomic E-state index is 12.5. The lowest BCUT2D eigenvalue weighted by Crippen LogP contribution is -2.27. The maximum absolute atomic E-state index is 12.5. The molecule has 0 radical (unpaired) electrons. The van der Waals surface area contributed by atoms with Crippen molar-refractivity contribution in [2.45, 2.75) is 26.9 Å². The number of carbonyl (C=O) groups excluding carboxylic acids is 2. The van der Waals surface area contributed by atoms with E-state index in [1.807, 2.05) is 62.4 Å². The van der Waals surface area contributed by atoms with Crippen molar-refractivity contribution in [1.29, 1.82) is 0 Å². The van der Waals surface area contributed by atoms with Crippen LogP contribution in [0.15, 0.2) is 52.9 Å². The smallest absolute Gasteiger partial charge is 0.311 e. The van der Waals surface area contributed by atoms with Crippen LogP contribution in [0.2, 0.25) is 0 Å². The second-order valence-electron chi connectivity index (χ2n) is 7.10. The minimum atomic E-state index is -0.515. The van der Waals surface area contributed by atoms with Gasteiger partial charge in [0.05, 0.1) is 5.92 Å². The normalized spacial score (nSPS) is 16.3. The molecule has 7 heteroatoms. The second-order valence-corrected chi connectivity index (χ2v) is 7.10. The lowest BCUT2D eigenvalue weighted by atomic mass is 10.1. The largest absolute Gasteiger partial charge is 0.455 e. The van der Waals surface area contributed by atoms with Crippen molar-refractivity contribution in [2.24, 2.45) is 5.92 Å². The Bertz CT molecular complexity index is 1050. The van der Waals surface area contributed by atoms with Gasteiger partial charge in [0, 0.05) is 24.2 Å². The lowest BCUT2D eigenvalue weighted by Gasteiger charge is -2.20. The summed E-state index contributed by atoms with van der Waals surface area (Å²) in [6.45, 7) is 4.16. The number of nitrogens with zero attached hydrogens (tertiary/aromatic N) is 3. The highest BCUT2D eigenvalue weighted by atomic mass is 16.5. The number of esters is 1. The summed E-state index contributed by atoms with van der Waals surface area (Å²) in [5.41, 5.74) is 3.78. The third-order valence-electron chi connectivity index (χ3n) is 5.15. The first kappa shape index (κ1) is 18.9. The zero-order valence-electron chi connectivity index (χ0n) is 16.3. The number of carbonyl (C=O) groups is 2. The molecule has 4 rings (SSSR count). The molecule has 0 saturated carbocycles. The van der Waals surface area contributed by atoms with Gasteiger partial charge in [-0.15, -0.1) is 10.2 Å². The standard InChI is InChI=1S/C22H21N3O4/c1-14-7-6-10-18(15(14)2)25-12-17(11-20(25)26)22(27)28-13-19-23-24-21(29-19)16-8-4-3-5-9-16/h3-10,17H,11-13H2,1-2H3. The molecule has 148 valence electrons. The molecule has 2 heterocycles. The van der Waals surface area contributed by atoms with Crippen LogP contribution >= 0.6 is 0 Å². The Morgan fingerprint density at radius 2 is 1.93 bits per heavy atom. The number of ether oxygens (including phenoxy) is 1. The molecule has 3 aromatic rings. The Morgan fingerprint density at radius 3 is 2.72 bits per heavy atom. The monoisotopic (exact) mass is 391 g/mol. The fourth-order valence-electron chi connectivity index (χ4n) is 3.39. The number of aryl methyl sites for hydroxylation is 1. The van der Waals surface area contributed by atoms with Gasteiger partial charge in [0.1, 0.15) is 0 Å². The number of anilines is 1. The van der Waals surface area contributed by atoms with Crippen LogP contribution in [0.3, 0.4) is 0 Å². The van der Waals surface area contributed by atoms with Crippen LogP contribution in [-0.2, 0) is 20.9 Å². The average molecular weight is 391 g/mol. The van der Waals surface area contributed by atoms with Crippen LogP contribution in [0.5, 0.6) is 0 Å². The molecule has 0 bridgehead atoms. The van der Waals surface area contributed by atoms with Crippen LogP contribution in [0, 0.1) is 19.8 Å². The topological polar surface area (TPSA) is 85.5 Å². The molecule has 2 aromatic carbocycles. The predicted octanol–water partition coefficient (Wildman–Crippen LogP) is 3.45. The summed E-state index contributed by atoms with van der Waals surface area (Å²) < 4.78 is 10.9. The van der Waals surface area contributed by atoms with E-state index >= 15 is 0 Å². The molecule has 1 aliphatic rings. The molecule has 1 unspecified atom stereocenters. The molecule has 1 amide bonds. The molecule has 29 heavy (non-hydrogen) atoms. The molecule has 0 aliphatic carbocycles. The molecule has 1 aliphatic heterocycles. The predicted molar refractivity (Wildman–Crippen MR) is 106 cm³/mol. The first-order valence-corrected chi connectivity index (χ1v) is 9.44. The van der Waals surface area contributed by atoms with Crippen molar-refractivity contribution in [1.82, 2.24) is 10.2 Å². The van der Waals surface area contributed by atoms with Gasteiger partial charge in [0.2, 0.25) is 11.8 Å². The Balaban J connectivity index is 1.38. The van der Waals surface area contributed by atoms with Gasteiger partial charge in [-0.25, -0.2) is 0 Å². The van der Waals surface area contributed by atoms with Gasteiger partial charge >= 0.3 is 5.97 Å². The summed E-state index contributed by atoms with van der Waals surface area (Å²) in [4.78, 5) is 26.6. The van der Waals surface area contributed by atoms with Crippen LogP contribution < -0.4 is 4.90 Å². The van der Waals surface area contributed by atoms with E-state index in [2.05, 4.69) is 10.2 Å². The first-order chi connectivity index (χ1) is 14.0. The number of aromatic nitrogens is 2. The Labute approximate surface area is 168 Å². The molecular weight excluding hydrogens is 370 g/mol. The van der Waals surface area contributed by atoms with Gasteiger partial charge in [-0.2, -0.15) is 0 Å². The Hall–Kier alpha value is -3.48. The Morgan fingerprint density at radius 1 is 1.14 bits per heavy atom. The van der Waals surface area contributed by atoms with Crippen molar-refractivity contribution in [3.63, 3.8) is 0 Å². The van der Waals surface area contributed by atoms with Crippen molar-refractivity contribution < 1.29 is 18.7 Å². The van der Waals surface area contributed by atoms with Gasteiger partial charge < -0.3 is 14.1 Å². The molecule has 1 fully saturated rings. The zero-order valence-corrected chi connectivity index (χ0v) is 16.3. The van der Waals surface area contributed by atoms with Crippen LogP contribution in [0.25, 0.3) is 11.5 Å².